The second kappa shape index (κ2) is 12.2. The van der Waals surface area contributed by atoms with Crippen LogP contribution in [0, 0.1) is 11.8 Å². The minimum absolute atomic E-state index is 0.163. The minimum Gasteiger partial charge on any atom is -0.300 e. The van der Waals surface area contributed by atoms with Gasteiger partial charge in [0, 0.05) is 19.3 Å². The summed E-state index contributed by atoms with van der Waals surface area (Å²) in [4.78, 5) is 24.1. The summed E-state index contributed by atoms with van der Waals surface area (Å²) < 4.78 is 0. The van der Waals surface area contributed by atoms with Crippen LogP contribution in [0.5, 0.6) is 0 Å². The van der Waals surface area contributed by atoms with E-state index >= 15 is 0 Å². The summed E-state index contributed by atoms with van der Waals surface area (Å²) >= 11 is 0. The van der Waals surface area contributed by atoms with Crippen molar-refractivity contribution in [3.63, 3.8) is 0 Å². The van der Waals surface area contributed by atoms with Gasteiger partial charge in [-0.25, -0.2) is 0 Å². The maximum absolute atomic E-state index is 12.1. The lowest BCUT2D eigenvalue weighted by Crippen LogP contribution is -2.20. The van der Waals surface area contributed by atoms with Crippen LogP contribution in [0.1, 0.15) is 91.4 Å². The van der Waals surface area contributed by atoms with Crippen LogP contribution in [0.25, 0.3) is 0 Å². The second-order valence-electron chi connectivity index (χ2n) is 7.32. The van der Waals surface area contributed by atoms with Crippen molar-refractivity contribution < 1.29 is 9.59 Å². The molecular formula is C22H36O2. The lowest BCUT2D eigenvalue weighted by atomic mass is 9.74. The topological polar surface area (TPSA) is 34.1 Å². The molecule has 2 atom stereocenters. The molecule has 1 aliphatic carbocycles. The van der Waals surface area contributed by atoms with Gasteiger partial charge in [0.1, 0.15) is 5.78 Å². The fourth-order valence-corrected chi connectivity index (χ4v) is 3.86. The van der Waals surface area contributed by atoms with Crippen LogP contribution in [0.15, 0.2) is 23.8 Å². The molecule has 0 aromatic carbocycles. The van der Waals surface area contributed by atoms with Crippen molar-refractivity contribution in [2.24, 2.45) is 11.8 Å². The molecule has 0 heterocycles. The largest absolute Gasteiger partial charge is 0.300 e. The van der Waals surface area contributed by atoms with Crippen molar-refractivity contribution in [2.75, 3.05) is 0 Å². The van der Waals surface area contributed by atoms with Gasteiger partial charge >= 0.3 is 0 Å². The molecule has 24 heavy (non-hydrogen) atoms. The maximum atomic E-state index is 12.1. The van der Waals surface area contributed by atoms with Crippen molar-refractivity contribution in [3.8, 4) is 0 Å². The number of ketones is 2. The Balaban J connectivity index is 2.25. The number of hydrogen-bond acceptors (Lipinski definition) is 2. The summed E-state index contributed by atoms with van der Waals surface area (Å²) in [5, 5.41) is 0. The quantitative estimate of drug-likeness (QED) is 0.333. The minimum atomic E-state index is 0.163. The summed E-state index contributed by atoms with van der Waals surface area (Å²) in [6.07, 6.45) is 17.1. The second-order valence-corrected chi connectivity index (χ2v) is 7.32. The van der Waals surface area contributed by atoms with Crippen molar-refractivity contribution in [2.45, 2.75) is 91.4 Å². The van der Waals surface area contributed by atoms with E-state index in [0.29, 0.717) is 31.5 Å². The van der Waals surface area contributed by atoms with E-state index in [1.54, 1.807) is 0 Å². The number of hydrogen-bond donors (Lipinski definition) is 0. The van der Waals surface area contributed by atoms with Crippen LogP contribution in [0.3, 0.4) is 0 Å². The summed E-state index contributed by atoms with van der Waals surface area (Å²) in [5.74, 6) is 2.11. The number of carbonyl (C=O) groups is 2. The van der Waals surface area contributed by atoms with Crippen molar-refractivity contribution in [3.05, 3.63) is 23.8 Å². The molecule has 1 saturated carbocycles. The summed E-state index contributed by atoms with van der Waals surface area (Å²) in [5.41, 5.74) is 0.783. The van der Waals surface area contributed by atoms with E-state index in [9.17, 15) is 9.59 Å². The molecule has 0 spiro atoms. The molecule has 0 radical (unpaired) electrons. The van der Waals surface area contributed by atoms with Crippen LogP contribution in [0.4, 0.5) is 0 Å². The first-order valence-electron chi connectivity index (χ1n) is 9.93. The third kappa shape index (κ3) is 8.08. The van der Waals surface area contributed by atoms with Gasteiger partial charge in [-0.2, -0.15) is 0 Å². The first-order chi connectivity index (χ1) is 11.6. The molecule has 1 rings (SSSR count). The van der Waals surface area contributed by atoms with E-state index < -0.39 is 0 Å². The predicted octanol–water partition coefficient (Wildman–Crippen LogP) is 6.20. The van der Waals surface area contributed by atoms with Crippen LogP contribution < -0.4 is 0 Å². The molecule has 1 fully saturated rings. The van der Waals surface area contributed by atoms with Gasteiger partial charge < -0.3 is 0 Å². The average Bonchev–Trinajstić information content (AvgIpc) is 2.59. The first-order valence-corrected chi connectivity index (χ1v) is 9.93. The molecule has 0 bridgehead atoms. The zero-order valence-electron chi connectivity index (χ0n) is 16.0. The number of allylic oxidation sites excluding steroid dienone is 4. The summed E-state index contributed by atoms with van der Waals surface area (Å²) in [7, 11) is 0. The number of carbonyl (C=O) groups excluding carboxylic acids is 2. The van der Waals surface area contributed by atoms with Gasteiger partial charge in [-0.05, 0) is 44.1 Å². The van der Waals surface area contributed by atoms with E-state index in [2.05, 4.69) is 6.92 Å². The molecule has 0 N–H and O–H groups in total. The van der Waals surface area contributed by atoms with Crippen LogP contribution in [0.2, 0.25) is 0 Å². The lowest BCUT2D eigenvalue weighted by Gasteiger charge is -2.31. The Morgan fingerprint density at radius 3 is 2.29 bits per heavy atom. The molecular weight excluding hydrogens is 296 g/mol. The molecule has 2 unspecified atom stereocenters. The Bertz CT molecular complexity index is 443. The van der Waals surface area contributed by atoms with Gasteiger partial charge in [-0.1, -0.05) is 63.7 Å². The Kier molecular flexibility index (Phi) is 10.6. The smallest absolute Gasteiger partial charge is 0.158 e. The van der Waals surface area contributed by atoms with Crippen molar-refractivity contribution in [1.82, 2.24) is 0 Å². The van der Waals surface area contributed by atoms with Gasteiger partial charge in [0.2, 0.25) is 0 Å². The Morgan fingerprint density at radius 1 is 1.00 bits per heavy atom. The first kappa shape index (κ1) is 20.9. The zero-order chi connectivity index (χ0) is 17.8. The fraction of sp³-hybridized carbons (Fsp3) is 0.727. The molecule has 2 nitrogen and oxygen atoms in total. The molecule has 0 saturated heterocycles. The van der Waals surface area contributed by atoms with Crippen LogP contribution in [-0.4, -0.2) is 11.6 Å². The van der Waals surface area contributed by atoms with Crippen LogP contribution >= 0.6 is 0 Å². The highest BCUT2D eigenvalue weighted by Gasteiger charge is 2.24. The Morgan fingerprint density at radius 2 is 1.67 bits per heavy atom. The van der Waals surface area contributed by atoms with Crippen LogP contribution in [-0.2, 0) is 9.59 Å². The van der Waals surface area contributed by atoms with Crippen molar-refractivity contribution in [1.29, 1.82) is 0 Å². The Hall–Kier alpha value is -1.18. The lowest BCUT2D eigenvalue weighted by molar-refractivity contribution is -0.119. The van der Waals surface area contributed by atoms with E-state index in [4.69, 9.17) is 0 Å². The van der Waals surface area contributed by atoms with Gasteiger partial charge in [0.25, 0.3) is 0 Å². The monoisotopic (exact) mass is 332 g/mol. The highest BCUT2D eigenvalue weighted by molar-refractivity contribution is 5.95. The average molecular weight is 333 g/mol. The predicted molar refractivity (Wildman–Crippen MR) is 102 cm³/mol. The SMILES string of the molecule is C/C=C\C=C(/C)C(=O)CCCC(=O)CCC1CCCCC1CCC. The molecule has 0 amide bonds. The molecule has 0 aliphatic heterocycles. The Labute approximate surface area is 148 Å². The summed E-state index contributed by atoms with van der Waals surface area (Å²) in [6, 6.07) is 0. The third-order valence-corrected chi connectivity index (χ3v) is 5.36. The summed E-state index contributed by atoms with van der Waals surface area (Å²) in [6.45, 7) is 6.05. The molecule has 136 valence electrons. The molecule has 0 aromatic heterocycles. The standard InChI is InChI=1S/C22H36O2/c1-4-6-11-18(3)22(24)15-9-14-21(23)17-16-20-13-8-7-12-19(20)10-5-2/h4,6,11,19-20H,5,7-10,12-17H2,1-3H3/b6-4-,18-11+. The highest BCUT2D eigenvalue weighted by atomic mass is 16.1. The maximum Gasteiger partial charge on any atom is 0.158 e. The van der Waals surface area contributed by atoms with E-state index in [1.807, 2.05) is 32.1 Å². The fourth-order valence-electron chi connectivity index (χ4n) is 3.86. The normalized spacial score (nSPS) is 22.0. The van der Waals surface area contributed by atoms with Gasteiger partial charge in [0.15, 0.2) is 5.78 Å². The van der Waals surface area contributed by atoms with E-state index in [-0.39, 0.29) is 5.78 Å². The molecule has 0 aromatic rings. The van der Waals surface area contributed by atoms with Crippen molar-refractivity contribution >= 4 is 11.6 Å². The van der Waals surface area contributed by atoms with E-state index in [1.165, 1.54) is 38.5 Å². The van der Waals surface area contributed by atoms with Gasteiger partial charge in [-0.3, -0.25) is 9.59 Å². The zero-order valence-corrected chi connectivity index (χ0v) is 16.0. The van der Waals surface area contributed by atoms with E-state index in [0.717, 1.165) is 23.8 Å². The number of Topliss-reactive ketones (excluding diaryl/α,β-unsaturated/α-hetero) is 2. The number of rotatable bonds is 11. The molecule has 1 aliphatic rings. The van der Waals surface area contributed by atoms with Gasteiger partial charge in [0.05, 0.1) is 0 Å². The third-order valence-electron chi connectivity index (χ3n) is 5.36. The van der Waals surface area contributed by atoms with Gasteiger partial charge in [-0.15, -0.1) is 0 Å². The molecule has 2 heteroatoms. The highest BCUT2D eigenvalue weighted by Crippen LogP contribution is 2.36.